The van der Waals surface area contributed by atoms with E-state index in [0.29, 0.717) is 5.92 Å². The highest BCUT2D eigenvalue weighted by Crippen LogP contribution is 2.30. The van der Waals surface area contributed by atoms with E-state index in [0.717, 1.165) is 51.6 Å². The van der Waals surface area contributed by atoms with E-state index in [9.17, 15) is 0 Å². The van der Waals surface area contributed by atoms with Gasteiger partial charge in [-0.05, 0) is 36.2 Å². The molecule has 25 heavy (non-hydrogen) atoms. The van der Waals surface area contributed by atoms with E-state index in [1.807, 2.05) is 6.20 Å². The predicted octanol–water partition coefficient (Wildman–Crippen LogP) is 3.43. The lowest BCUT2D eigenvalue weighted by Gasteiger charge is -2.26. The van der Waals surface area contributed by atoms with Crippen molar-refractivity contribution < 1.29 is 4.74 Å². The molecule has 1 aliphatic heterocycles. The number of hydrogen-bond acceptors (Lipinski definition) is 4. The summed E-state index contributed by atoms with van der Waals surface area (Å²) in [6.45, 7) is 10.2. The van der Waals surface area contributed by atoms with E-state index in [1.54, 1.807) is 0 Å². The summed E-state index contributed by atoms with van der Waals surface area (Å²) >= 11 is 0. The normalized spacial score (nSPS) is 16.7. The molecule has 2 aromatic rings. The van der Waals surface area contributed by atoms with Crippen molar-refractivity contribution in [1.29, 1.82) is 0 Å². The average Bonchev–Trinajstić information content (AvgIpc) is 2.68. The molecule has 0 saturated carbocycles. The monoisotopic (exact) mass is 339 g/mol. The van der Waals surface area contributed by atoms with Gasteiger partial charge in [0.2, 0.25) is 5.88 Å². The van der Waals surface area contributed by atoms with Crippen LogP contribution in [0.25, 0.3) is 0 Å². The highest BCUT2D eigenvalue weighted by Gasteiger charge is 2.22. The molecule has 3 rings (SSSR count). The fraction of sp³-hybridized carbons (Fsp3) is 0.476. The van der Waals surface area contributed by atoms with Gasteiger partial charge in [-0.1, -0.05) is 44.2 Å². The van der Waals surface area contributed by atoms with Crippen molar-refractivity contribution in [3.63, 3.8) is 0 Å². The molecule has 0 bridgehead atoms. The number of nitrogens with zero attached hydrogens (tertiary/aromatic N) is 2. The second kappa shape index (κ2) is 8.97. The highest BCUT2D eigenvalue weighted by atomic mass is 16.5. The summed E-state index contributed by atoms with van der Waals surface area (Å²) in [5, 5.41) is 3.52. The van der Waals surface area contributed by atoms with Gasteiger partial charge in [0.25, 0.3) is 0 Å². The van der Waals surface area contributed by atoms with Crippen molar-refractivity contribution in [1.82, 2.24) is 15.2 Å². The molecule has 1 aromatic carbocycles. The first-order valence-corrected chi connectivity index (χ1v) is 9.41. The van der Waals surface area contributed by atoms with Gasteiger partial charge in [0.15, 0.2) is 0 Å². The molecule has 0 amide bonds. The van der Waals surface area contributed by atoms with Gasteiger partial charge in [-0.2, -0.15) is 0 Å². The van der Waals surface area contributed by atoms with Crippen molar-refractivity contribution in [3.8, 4) is 5.88 Å². The molecule has 4 heteroatoms. The maximum atomic E-state index is 5.89. The molecule has 4 nitrogen and oxygen atoms in total. The summed E-state index contributed by atoms with van der Waals surface area (Å²) in [6.07, 6.45) is 3.04. The molecule has 1 aliphatic rings. The third kappa shape index (κ3) is 4.59. The van der Waals surface area contributed by atoms with Gasteiger partial charge in [-0.15, -0.1) is 0 Å². The van der Waals surface area contributed by atoms with Gasteiger partial charge in [0.05, 0.1) is 6.61 Å². The lowest BCUT2D eigenvalue weighted by Crippen LogP contribution is -2.29. The topological polar surface area (TPSA) is 37.4 Å². The van der Waals surface area contributed by atoms with Crippen LogP contribution in [-0.2, 0) is 6.54 Å². The minimum absolute atomic E-state index is 0.370. The number of benzene rings is 1. The molecule has 0 aliphatic carbocycles. The maximum Gasteiger partial charge on any atom is 0.213 e. The SMILES string of the molecule is CCN(CC)CCCOc1cc2c(cn1)C(c1ccccc1)CNC2. The van der Waals surface area contributed by atoms with Gasteiger partial charge in [0, 0.05) is 37.8 Å². The van der Waals surface area contributed by atoms with Crippen LogP contribution in [0.2, 0.25) is 0 Å². The van der Waals surface area contributed by atoms with Crippen LogP contribution in [0.15, 0.2) is 42.6 Å². The van der Waals surface area contributed by atoms with Crippen LogP contribution in [0.5, 0.6) is 5.88 Å². The number of nitrogens with one attached hydrogen (secondary N) is 1. The number of ether oxygens (including phenoxy) is 1. The standard InChI is InChI=1S/C21H29N3O/c1-3-24(4-2)11-8-12-25-21-13-18-14-22-15-19(20(18)16-23-21)17-9-6-5-7-10-17/h5-7,9-10,13,16,19,22H,3-4,8,11-12,14-15H2,1-2H3. The summed E-state index contributed by atoms with van der Waals surface area (Å²) < 4.78 is 5.89. The molecule has 1 atom stereocenters. The molecule has 1 N–H and O–H groups in total. The van der Waals surface area contributed by atoms with Crippen molar-refractivity contribution in [2.45, 2.75) is 32.7 Å². The van der Waals surface area contributed by atoms with E-state index in [2.05, 4.69) is 65.4 Å². The largest absolute Gasteiger partial charge is 0.478 e. The third-order valence-corrected chi connectivity index (χ3v) is 5.00. The third-order valence-electron chi connectivity index (χ3n) is 5.00. The Labute approximate surface area is 151 Å². The van der Waals surface area contributed by atoms with E-state index >= 15 is 0 Å². The zero-order chi connectivity index (χ0) is 17.5. The summed E-state index contributed by atoms with van der Waals surface area (Å²) in [7, 11) is 0. The van der Waals surface area contributed by atoms with Crippen molar-refractivity contribution in [2.24, 2.45) is 0 Å². The van der Waals surface area contributed by atoms with Crippen LogP contribution in [0.1, 0.15) is 42.9 Å². The zero-order valence-electron chi connectivity index (χ0n) is 15.4. The van der Waals surface area contributed by atoms with Gasteiger partial charge in [0.1, 0.15) is 0 Å². The van der Waals surface area contributed by atoms with Crippen molar-refractivity contribution >= 4 is 0 Å². The van der Waals surface area contributed by atoms with E-state index in [4.69, 9.17) is 4.74 Å². The molecule has 2 heterocycles. The highest BCUT2D eigenvalue weighted by molar-refractivity contribution is 5.40. The average molecular weight is 339 g/mol. The predicted molar refractivity (Wildman–Crippen MR) is 102 cm³/mol. The van der Waals surface area contributed by atoms with Crippen molar-refractivity contribution in [2.75, 3.05) is 32.8 Å². The smallest absolute Gasteiger partial charge is 0.213 e. The Kier molecular flexibility index (Phi) is 6.42. The van der Waals surface area contributed by atoms with Crippen LogP contribution in [-0.4, -0.2) is 42.7 Å². The molecule has 0 spiro atoms. The molecule has 134 valence electrons. The minimum Gasteiger partial charge on any atom is -0.478 e. The lowest BCUT2D eigenvalue weighted by atomic mass is 9.87. The molecular formula is C21H29N3O. The second-order valence-electron chi connectivity index (χ2n) is 6.54. The maximum absolute atomic E-state index is 5.89. The fourth-order valence-corrected chi connectivity index (χ4v) is 3.48. The Morgan fingerprint density at radius 3 is 2.76 bits per heavy atom. The molecular weight excluding hydrogens is 310 g/mol. The number of hydrogen-bond donors (Lipinski definition) is 1. The molecule has 0 fully saturated rings. The second-order valence-corrected chi connectivity index (χ2v) is 6.54. The van der Waals surface area contributed by atoms with Gasteiger partial charge < -0.3 is 15.0 Å². The summed E-state index contributed by atoms with van der Waals surface area (Å²) in [6, 6.07) is 12.8. The molecule has 0 saturated heterocycles. The van der Waals surface area contributed by atoms with E-state index in [-0.39, 0.29) is 0 Å². The molecule has 1 unspecified atom stereocenters. The van der Waals surface area contributed by atoms with Gasteiger partial charge in [-0.3, -0.25) is 0 Å². The Hall–Kier alpha value is -1.91. The first-order chi connectivity index (χ1) is 12.3. The first kappa shape index (κ1) is 17.9. The van der Waals surface area contributed by atoms with Crippen LogP contribution < -0.4 is 10.1 Å². The van der Waals surface area contributed by atoms with Crippen molar-refractivity contribution in [3.05, 3.63) is 59.3 Å². The Bertz CT molecular complexity index is 655. The first-order valence-electron chi connectivity index (χ1n) is 9.41. The number of aromatic nitrogens is 1. The number of fused-ring (bicyclic) bond motifs is 1. The van der Waals surface area contributed by atoms with E-state index < -0.39 is 0 Å². The van der Waals surface area contributed by atoms with Crippen LogP contribution in [0.3, 0.4) is 0 Å². The van der Waals surface area contributed by atoms with Gasteiger partial charge >= 0.3 is 0 Å². The van der Waals surface area contributed by atoms with Crippen LogP contribution in [0, 0.1) is 0 Å². The van der Waals surface area contributed by atoms with Crippen LogP contribution >= 0.6 is 0 Å². The molecule has 0 radical (unpaired) electrons. The zero-order valence-corrected chi connectivity index (χ0v) is 15.4. The number of pyridine rings is 1. The Balaban J connectivity index is 1.62. The summed E-state index contributed by atoms with van der Waals surface area (Å²) in [5.41, 5.74) is 3.96. The number of rotatable bonds is 8. The minimum atomic E-state index is 0.370. The lowest BCUT2D eigenvalue weighted by molar-refractivity contribution is 0.244. The quantitative estimate of drug-likeness (QED) is 0.748. The van der Waals surface area contributed by atoms with Gasteiger partial charge in [-0.25, -0.2) is 4.98 Å². The fourth-order valence-electron chi connectivity index (χ4n) is 3.48. The summed E-state index contributed by atoms with van der Waals surface area (Å²) in [4.78, 5) is 6.98. The molecule has 1 aromatic heterocycles. The Morgan fingerprint density at radius 2 is 2.00 bits per heavy atom. The van der Waals surface area contributed by atoms with Crippen LogP contribution in [0.4, 0.5) is 0 Å². The van der Waals surface area contributed by atoms with E-state index in [1.165, 1.54) is 16.7 Å². The Morgan fingerprint density at radius 1 is 1.20 bits per heavy atom. The summed E-state index contributed by atoms with van der Waals surface area (Å²) in [5.74, 6) is 1.11.